The van der Waals surface area contributed by atoms with Crippen molar-refractivity contribution in [3.8, 4) is 5.75 Å². The minimum Gasteiger partial charge on any atom is -0.486 e. The fourth-order valence-corrected chi connectivity index (χ4v) is 2.10. The first-order valence-corrected chi connectivity index (χ1v) is 5.38. The van der Waals surface area contributed by atoms with Gasteiger partial charge >= 0.3 is 6.18 Å². The number of hydrogen-bond acceptors (Lipinski definition) is 2. The number of nitrogens with one attached hydrogen (secondary N) is 1. The predicted molar refractivity (Wildman–Crippen MR) is 57.9 cm³/mol. The van der Waals surface area contributed by atoms with E-state index in [1.54, 1.807) is 38.1 Å². The lowest BCUT2D eigenvalue weighted by Gasteiger charge is -2.27. The number of para-hydroxylation sites is 1. The Morgan fingerprint density at radius 3 is 2.59 bits per heavy atom. The van der Waals surface area contributed by atoms with Crippen molar-refractivity contribution in [2.45, 2.75) is 31.7 Å². The summed E-state index contributed by atoms with van der Waals surface area (Å²) in [6.07, 6.45) is -4.21. The van der Waals surface area contributed by atoms with Crippen molar-refractivity contribution < 1.29 is 17.9 Å². The summed E-state index contributed by atoms with van der Waals surface area (Å²) in [7, 11) is 0. The molecule has 2 nitrogen and oxygen atoms in total. The summed E-state index contributed by atoms with van der Waals surface area (Å²) in [4.78, 5) is 0. The Hall–Kier alpha value is -1.23. The van der Waals surface area contributed by atoms with Crippen LogP contribution in [0.15, 0.2) is 24.3 Å². The minimum atomic E-state index is -4.21. The van der Waals surface area contributed by atoms with Crippen molar-refractivity contribution in [2.75, 3.05) is 6.54 Å². The Morgan fingerprint density at radius 1 is 1.29 bits per heavy atom. The van der Waals surface area contributed by atoms with E-state index in [0.29, 0.717) is 5.75 Å². The average Bonchev–Trinajstić information content (AvgIpc) is 2.43. The molecule has 1 atom stereocenters. The summed E-state index contributed by atoms with van der Waals surface area (Å²) in [5.41, 5.74) is 0.108. The molecule has 1 unspecified atom stereocenters. The summed E-state index contributed by atoms with van der Waals surface area (Å²) in [5.74, 6) is 0.650. The van der Waals surface area contributed by atoms with E-state index in [9.17, 15) is 13.2 Å². The predicted octanol–water partition coefficient (Wildman–Crippen LogP) is 3.05. The number of halogens is 3. The van der Waals surface area contributed by atoms with Gasteiger partial charge in [-0.1, -0.05) is 18.2 Å². The van der Waals surface area contributed by atoms with E-state index in [1.165, 1.54) is 0 Å². The summed E-state index contributed by atoms with van der Waals surface area (Å²) in [6, 6.07) is 6.72. The summed E-state index contributed by atoms with van der Waals surface area (Å²) in [5, 5.41) is 2.52. The fraction of sp³-hybridized carbons (Fsp3) is 0.500. The average molecular weight is 245 g/mol. The van der Waals surface area contributed by atoms with Crippen LogP contribution < -0.4 is 10.1 Å². The number of rotatable bonds is 2. The van der Waals surface area contributed by atoms with Crippen molar-refractivity contribution in [1.82, 2.24) is 5.32 Å². The molecule has 94 valence electrons. The molecule has 0 saturated heterocycles. The molecule has 1 heterocycles. The van der Waals surface area contributed by atoms with Gasteiger partial charge in [0.2, 0.25) is 0 Å². The van der Waals surface area contributed by atoms with Crippen LogP contribution >= 0.6 is 0 Å². The minimum absolute atomic E-state index is 0.444. The Bertz CT molecular complexity index is 414. The van der Waals surface area contributed by atoms with Crippen LogP contribution in [-0.4, -0.2) is 18.3 Å². The van der Waals surface area contributed by atoms with E-state index < -0.39 is 24.4 Å². The van der Waals surface area contributed by atoms with Gasteiger partial charge in [0.1, 0.15) is 11.4 Å². The molecule has 1 aliphatic heterocycles. The maximum Gasteiger partial charge on any atom is 0.401 e. The van der Waals surface area contributed by atoms with Gasteiger partial charge in [-0.2, -0.15) is 13.2 Å². The molecule has 0 amide bonds. The molecule has 1 aromatic rings. The molecule has 1 aliphatic rings. The van der Waals surface area contributed by atoms with E-state index in [4.69, 9.17) is 4.74 Å². The molecule has 0 saturated carbocycles. The zero-order chi connectivity index (χ0) is 12.7. The molecule has 0 aliphatic carbocycles. The van der Waals surface area contributed by atoms with Crippen LogP contribution in [0, 0.1) is 0 Å². The van der Waals surface area contributed by atoms with Gasteiger partial charge in [0.15, 0.2) is 0 Å². The third-order valence-corrected chi connectivity index (χ3v) is 2.80. The van der Waals surface area contributed by atoms with Gasteiger partial charge in [0.05, 0.1) is 12.6 Å². The van der Waals surface area contributed by atoms with Gasteiger partial charge in [-0.3, -0.25) is 5.32 Å². The van der Waals surface area contributed by atoms with Gasteiger partial charge in [-0.15, -0.1) is 0 Å². The molecule has 0 bridgehead atoms. The van der Waals surface area contributed by atoms with Crippen LogP contribution in [0.3, 0.4) is 0 Å². The monoisotopic (exact) mass is 245 g/mol. The largest absolute Gasteiger partial charge is 0.486 e. The number of benzene rings is 1. The maximum absolute atomic E-state index is 12.2. The van der Waals surface area contributed by atoms with Crippen LogP contribution in [0.1, 0.15) is 25.5 Å². The number of ether oxygens (including phenoxy) is 1. The molecule has 0 spiro atoms. The number of hydrogen-bond donors (Lipinski definition) is 1. The first-order valence-electron chi connectivity index (χ1n) is 5.38. The third kappa shape index (κ3) is 2.54. The fourth-order valence-electron chi connectivity index (χ4n) is 2.10. The highest BCUT2D eigenvalue weighted by Crippen LogP contribution is 2.42. The Balaban J connectivity index is 2.20. The van der Waals surface area contributed by atoms with Crippen LogP contribution in [0.25, 0.3) is 0 Å². The van der Waals surface area contributed by atoms with Gasteiger partial charge < -0.3 is 4.74 Å². The second-order valence-electron chi connectivity index (χ2n) is 4.67. The Morgan fingerprint density at radius 2 is 1.94 bits per heavy atom. The highest BCUT2D eigenvalue weighted by Gasteiger charge is 2.42. The first kappa shape index (κ1) is 12.2. The van der Waals surface area contributed by atoms with E-state index in [2.05, 4.69) is 5.32 Å². The zero-order valence-corrected chi connectivity index (χ0v) is 9.64. The highest BCUT2D eigenvalue weighted by molar-refractivity contribution is 5.42. The molecule has 2 rings (SSSR count). The molecule has 17 heavy (non-hydrogen) atoms. The topological polar surface area (TPSA) is 21.3 Å². The van der Waals surface area contributed by atoms with E-state index in [0.717, 1.165) is 5.56 Å². The van der Waals surface area contributed by atoms with Gasteiger partial charge in [-0.25, -0.2) is 0 Å². The lowest BCUT2D eigenvalue weighted by atomic mass is 9.94. The van der Waals surface area contributed by atoms with Crippen molar-refractivity contribution >= 4 is 0 Å². The molecule has 0 fully saturated rings. The Kier molecular flexibility index (Phi) is 2.81. The highest BCUT2D eigenvalue weighted by atomic mass is 19.4. The van der Waals surface area contributed by atoms with Crippen molar-refractivity contribution in [1.29, 1.82) is 0 Å². The third-order valence-electron chi connectivity index (χ3n) is 2.80. The van der Waals surface area contributed by atoms with Crippen LogP contribution in [-0.2, 0) is 0 Å². The normalized spacial score (nSPS) is 22.1. The molecule has 0 aromatic heterocycles. The molecular weight excluding hydrogens is 231 g/mol. The second-order valence-corrected chi connectivity index (χ2v) is 4.67. The SMILES string of the molecule is CC1(C)Oc2ccccc2C1NCC(F)(F)F. The summed E-state index contributed by atoms with van der Waals surface area (Å²) >= 11 is 0. The molecule has 0 radical (unpaired) electrons. The van der Waals surface area contributed by atoms with Gasteiger partial charge in [-0.05, 0) is 19.9 Å². The maximum atomic E-state index is 12.2. The Labute approximate surface area is 97.8 Å². The van der Waals surface area contributed by atoms with E-state index >= 15 is 0 Å². The van der Waals surface area contributed by atoms with Crippen LogP contribution in [0.5, 0.6) is 5.75 Å². The second kappa shape index (κ2) is 3.91. The first-order chi connectivity index (χ1) is 7.80. The van der Waals surface area contributed by atoms with E-state index in [1.807, 2.05) is 0 Å². The number of fused-ring (bicyclic) bond motifs is 1. The summed E-state index contributed by atoms with van der Waals surface area (Å²) in [6.45, 7) is 2.54. The lowest BCUT2D eigenvalue weighted by molar-refractivity contribution is -0.128. The standard InChI is InChI=1S/C12H14F3NO/c1-11(2)10(16-7-12(13,14)15)8-5-3-4-6-9(8)17-11/h3-6,10,16H,7H2,1-2H3. The van der Waals surface area contributed by atoms with E-state index in [-0.39, 0.29) is 0 Å². The van der Waals surface area contributed by atoms with Gasteiger partial charge in [0, 0.05) is 5.56 Å². The molecule has 1 N–H and O–H groups in total. The zero-order valence-electron chi connectivity index (χ0n) is 9.64. The molecule has 1 aromatic carbocycles. The molecule has 5 heteroatoms. The van der Waals surface area contributed by atoms with Crippen molar-refractivity contribution in [3.63, 3.8) is 0 Å². The smallest absolute Gasteiger partial charge is 0.401 e. The van der Waals surface area contributed by atoms with Crippen LogP contribution in [0.4, 0.5) is 13.2 Å². The quantitative estimate of drug-likeness (QED) is 0.864. The number of alkyl halides is 3. The van der Waals surface area contributed by atoms with Crippen LogP contribution in [0.2, 0.25) is 0 Å². The van der Waals surface area contributed by atoms with Crippen molar-refractivity contribution in [3.05, 3.63) is 29.8 Å². The molecular formula is C12H14F3NO. The lowest BCUT2D eigenvalue weighted by Crippen LogP contribution is -2.42. The van der Waals surface area contributed by atoms with Crippen molar-refractivity contribution in [2.24, 2.45) is 0 Å². The summed E-state index contributed by atoms with van der Waals surface area (Å²) < 4.78 is 42.3. The van der Waals surface area contributed by atoms with Gasteiger partial charge in [0.25, 0.3) is 0 Å².